The lowest BCUT2D eigenvalue weighted by molar-refractivity contribution is 0.679. The molecule has 2 aromatic carbocycles. The summed E-state index contributed by atoms with van der Waals surface area (Å²) in [5, 5.41) is 0.765. The van der Waals surface area contributed by atoms with Crippen molar-refractivity contribution in [2.45, 2.75) is 19.5 Å². The molecule has 2 N–H and O–H groups in total. The van der Waals surface area contributed by atoms with Crippen LogP contribution in [0, 0.1) is 6.92 Å². The number of anilines is 1. The summed E-state index contributed by atoms with van der Waals surface area (Å²) < 4.78 is 0. The Morgan fingerprint density at radius 2 is 2.05 bits per heavy atom. The summed E-state index contributed by atoms with van der Waals surface area (Å²) in [6.07, 6.45) is 0. The van der Waals surface area contributed by atoms with Gasteiger partial charge in [0.1, 0.15) is 0 Å². The Kier molecular flexibility index (Phi) is 3.21. The summed E-state index contributed by atoms with van der Waals surface area (Å²) >= 11 is 6.10. The van der Waals surface area contributed by atoms with Gasteiger partial charge in [-0.15, -0.1) is 0 Å². The maximum absolute atomic E-state index is 6.10. The number of rotatable bonds is 2. The van der Waals surface area contributed by atoms with Gasteiger partial charge in [-0.1, -0.05) is 35.9 Å². The quantitative estimate of drug-likeness (QED) is 0.904. The summed E-state index contributed by atoms with van der Waals surface area (Å²) in [4.78, 5) is 2.34. The van der Waals surface area contributed by atoms with Crippen molar-refractivity contribution in [1.82, 2.24) is 0 Å². The minimum absolute atomic E-state index is 0.244. The van der Waals surface area contributed by atoms with Crippen molar-refractivity contribution in [1.29, 1.82) is 0 Å². The second-order valence-corrected chi connectivity index (χ2v) is 5.44. The van der Waals surface area contributed by atoms with Crippen LogP contribution in [0.4, 0.5) is 5.69 Å². The van der Waals surface area contributed by atoms with Crippen molar-refractivity contribution in [2.24, 2.45) is 5.73 Å². The van der Waals surface area contributed by atoms with E-state index in [1.54, 1.807) is 0 Å². The average Bonchev–Trinajstić information content (AvgIpc) is 2.79. The van der Waals surface area contributed by atoms with Crippen molar-refractivity contribution < 1.29 is 0 Å². The highest BCUT2D eigenvalue weighted by molar-refractivity contribution is 6.30. The van der Waals surface area contributed by atoms with Gasteiger partial charge in [0.25, 0.3) is 0 Å². The van der Waals surface area contributed by atoms with Crippen LogP contribution in [0.1, 0.15) is 22.7 Å². The standard InChI is InChI=1S/C16H17ClN2/c1-11-4-2-7-14-15(11)10-19(16(14)9-18)13-6-3-5-12(17)8-13/h2-8,16H,9-10,18H2,1H3. The van der Waals surface area contributed by atoms with Crippen molar-refractivity contribution in [3.8, 4) is 0 Å². The highest BCUT2D eigenvalue weighted by Crippen LogP contribution is 2.38. The topological polar surface area (TPSA) is 29.3 Å². The van der Waals surface area contributed by atoms with Crippen LogP contribution >= 0.6 is 11.6 Å². The fourth-order valence-electron chi connectivity index (χ4n) is 2.88. The second kappa shape index (κ2) is 4.87. The van der Waals surface area contributed by atoms with Crippen LogP contribution in [0.25, 0.3) is 0 Å². The molecule has 1 aliphatic rings. The Labute approximate surface area is 118 Å². The third-order valence-electron chi connectivity index (χ3n) is 3.87. The summed E-state index contributed by atoms with van der Waals surface area (Å²) in [6.45, 7) is 3.68. The summed E-state index contributed by atoms with van der Waals surface area (Å²) in [6, 6.07) is 14.7. The molecule has 1 heterocycles. The number of halogens is 1. The fraction of sp³-hybridized carbons (Fsp3) is 0.250. The van der Waals surface area contributed by atoms with Crippen molar-refractivity contribution in [3.05, 3.63) is 64.2 Å². The Bertz CT molecular complexity index is 609. The highest BCUT2D eigenvalue weighted by atomic mass is 35.5. The van der Waals surface area contributed by atoms with E-state index in [9.17, 15) is 0 Å². The minimum Gasteiger partial charge on any atom is -0.359 e. The molecule has 98 valence electrons. The van der Waals surface area contributed by atoms with Gasteiger partial charge in [0, 0.05) is 23.8 Å². The molecule has 0 spiro atoms. The zero-order valence-corrected chi connectivity index (χ0v) is 11.7. The van der Waals surface area contributed by atoms with Gasteiger partial charge < -0.3 is 10.6 Å². The summed E-state index contributed by atoms with van der Waals surface area (Å²) in [5.74, 6) is 0. The first kappa shape index (κ1) is 12.5. The van der Waals surface area contributed by atoms with E-state index >= 15 is 0 Å². The molecule has 3 heteroatoms. The molecule has 1 aliphatic heterocycles. The fourth-order valence-corrected chi connectivity index (χ4v) is 3.07. The Morgan fingerprint density at radius 3 is 2.79 bits per heavy atom. The number of fused-ring (bicyclic) bond motifs is 1. The Balaban J connectivity index is 2.04. The van der Waals surface area contributed by atoms with E-state index in [2.05, 4.69) is 36.1 Å². The molecule has 2 nitrogen and oxygen atoms in total. The number of benzene rings is 2. The second-order valence-electron chi connectivity index (χ2n) is 5.00. The molecular weight excluding hydrogens is 256 g/mol. The van der Waals surface area contributed by atoms with E-state index in [1.165, 1.54) is 16.7 Å². The van der Waals surface area contributed by atoms with Gasteiger partial charge >= 0.3 is 0 Å². The molecular formula is C16H17ClN2. The van der Waals surface area contributed by atoms with Gasteiger partial charge in [-0.2, -0.15) is 0 Å². The first-order valence-corrected chi connectivity index (χ1v) is 6.89. The van der Waals surface area contributed by atoms with Gasteiger partial charge in [0.15, 0.2) is 0 Å². The molecule has 0 aromatic heterocycles. The third-order valence-corrected chi connectivity index (χ3v) is 4.11. The molecule has 19 heavy (non-hydrogen) atoms. The Morgan fingerprint density at radius 1 is 1.26 bits per heavy atom. The molecule has 0 amide bonds. The molecule has 0 saturated carbocycles. The normalized spacial score (nSPS) is 17.6. The molecule has 1 atom stereocenters. The number of hydrogen-bond donors (Lipinski definition) is 1. The summed E-state index contributed by atoms with van der Waals surface area (Å²) in [5.41, 5.74) is 11.2. The van der Waals surface area contributed by atoms with Crippen LogP contribution in [0.3, 0.4) is 0 Å². The molecule has 0 saturated heterocycles. The highest BCUT2D eigenvalue weighted by Gasteiger charge is 2.30. The smallest absolute Gasteiger partial charge is 0.0672 e. The number of nitrogens with two attached hydrogens (primary N) is 1. The molecule has 0 bridgehead atoms. The molecule has 0 radical (unpaired) electrons. The van der Waals surface area contributed by atoms with Gasteiger partial charge in [-0.05, 0) is 41.8 Å². The first-order chi connectivity index (χ1) is 9.20. The van der Waals surface area contributed by atoms with Crippen LogP contribution in [-0.2, 0) is 6.54 Å². The predicted octanol–water partition coefficient (Wildman–Crippen LogP) is 3.67. The Hall–Kier alpha value is -1.51. The predicted molar refractivity (Wildman–Crippen MR) is 80.6 cm³/mol. The van der Waals surface area contributed by atoms with Crippen LogP contribution in [0.2, 0.25) is 5.02 Å². The monoisotopic (exact) mass is 272 g/mol. The molecule has 0 aliphatic carbocycles. The van der Waals surface area contributed by atoms with Crippen molar-refractivity contribution in [3.63, 3.8) is 0 Å². The van der Waals surface area contributed by atoms with E-state index in [-0.39, 0.29) is 6.04 Å². The number of aryl methyl sites for hydroxylation is 1. The third kappa shape index (κ3) is 2.11. The van der Waals surface area contributed by atoms with E-state index < -0.39 is 0 Å². The van der Waals surface area contributed by atoms with Gasteiger partial charge in [0.05, 0.1) is 6.04 Å². The lowest BCUT2D eigenvalue weighted by atomic mass is 10.0. The molecule has 2 aromatic rings. The largest absolute Gasteiger partial charge is 0.359 e. The average molecular weight is 273 g/mol. The number of nitrogens with zero attached hydrogens (tertiary/aromatic N) is 1. The summed E-state index contributed by atoms with van der Waals surface area (Å²) in [7, 11) is 0. The maximum atomic E-state index is 6.10. The van der Waals surface area contributed by atoms with E-state index in [4.69, 9.17) is 17.3 Å². The molecule has 0 fully saturated rings. The first-order valence-electron chi connectivity index (χ1n) is 6.51. The van der Waals surface area contributed by atoms with Gasteiger partial charge in [-0.25, -0.2) is 0 Å². The van der Waals surface area contributed by atoms with E-state index in [0.29, 0.717) is 6.54 Å². The maximum Gasteiger partial charge on any atom is 0.0672 e. The van der Waals surface area contributed by atoms with Crippen LogP contribution in [0.5, 0.6) is 0 Å². The molecule has 1 unspecified atom stereocenters. The van der Waals surface area contributed by atoms with Crippen molar-refractivity contribution >= 4 is 17.3 Å². The van der Waals surface area contributed by atoms with Gasteiger partial charge in [0.2, 0.25) is 0 Å². The van der Waals surface area contributed by atoms with E-state index in [1.807, 2.05) is 18.2 Å². The van der Waals surface area contributed by atoms with Crippen LogP contribution in [-0.4, -0.2) is 6.54 Å². The minimum atomic E-state index is 0.244. The van der Waals surface area contributed by atoms with E-state index in [0.717, 1.165) is 17.3 Å². The zero-order valence-electron chi connectivity index (χ0n) is 10.9. The number of hydrogen-bond acceptors (Lipinski definition) is 2. The van der Waals surface area contributed by atoms with Crippen molar-refractivity contribution in [2.75, 3.05) is 11.4 Å². The van der Waals surface area contributed by atoms with Crippen LogP contribution in [0.15, 0.2) is 42.5 Å². The van der Waals surface area contributed by atoms with Gasteiger partial charge in [-0.3, -0.25) is 0 Å². The zero-order chi connectivity index (χ0) is 13.4. The molecule has 3 rings (SSSR count). The SMILES string of the molecule is Cc1cccc2c1CN(c1cccc(Cl)c1)C2CN. The van der Waals surface area contributed by atoms with Crippen LogP contribution < -0.4 is 10.6 Å². The lowest BCUT2D eigenvalue weighted by Crippen LogP contribution is -2.27. The lowest BCUT2D eigenvalue weighted by Gasteiger charge is -2.26.